The molecule has 1 aromatic carbocycles. The van der Waals surface area contributed by atoms with Crippen molar-refractivity contribution in [2.45, 2.75) is 25.3 Å². The molecule has 0 bridgehead atoms. The van der Waals surface area contributed by atoms with Gasteiger partial charge < -0.3 is 14.8 Å². The maximum atomic E-state index is 14.8. The molecule has 8 nitrogen and oxygen atoms in total. The summed E-state index contributed by atoms with van der Waals surface area (Å²) in [6.45, 7) is 2.11. The van der Waals surface area contributed by atoms with E-state index in [2.05, 4.69) is 4.98 Å². The van der Waals surface area contributed by atoms with Crippen molar-refractivity contribution >= 4 is 40.5 Å². The Morgan fingerprint density at radius 3 is 2.64 bits per heavy atom. The molecule has 2 aliphatic rings. The van der Waals surface area contributed by atoms with Crippen LogP contribution >= 0.6 is 23.2 Å². The number of hydrogen-bond donors (Lipinski definition) is 1. The molecule has 0 radical (unpaired) electrons. The summed E-state index contributed by atoms with van der Waals surface area (Å²) in [5, 5.41) is 0.444. The van der Waals surface area contributed by atoms with Gasteiger partial charge in [-0.3, -0.25) is 23.7 Å². The van der Waals surface area contributed by atoms with E-state index in [0.717, 1.165) is 19.4 Å². The normalized spacial score (nSPS) is 19.2. The van der Waals surface area contributed by atoms with Crippen LogP contribution in [0.5, 0.6) is 0 Å². The Bertz CT molecular complexity index is 1420. The maximum absolute atomic E-state index is 14.8. The Morgan fingerprint density at radius 1 is 1.14 bits per heavy atom. The fraction of sp³-hybridized carbons (Fsp3) is 0.400. The number of likely N-dealkylation sites (tertiary alicyclic amines) is 1. The van der Waals surface area contributed by atoms with Crippen molar-refractivity contribution in [2.75, 3.05) is 39.7 Å². The van der Waals surface area contributed by atoms with Gasteiger partial charge in [-0.25, -0.2) is 4.39 Å². The lowest BCUT2D eigenvalue weighted by molar-refractivity contribution is -0.137. The third-order valence-electron chi connectivity index (χ3n) is 6.96. The standard InChI is InChI=1S/C25H26Cl2FN5O3/c1-30-6-2-3-20(30)25(36)32-9-7-31(8-10-32)24(35)17-12-15(4-5-19(17)28)11-16-14-29-23(34)21-13-18(26)22(27)33(16)21/h4-5,12-14,20H,2-3,6-11H2,1H3,(H,29,34)/t20-/m0/s1/i1D. The monoisotopic (exact) mass is 534 g/mol. The van der Waals surface area contributed by atoms with Crippen LogP contribution in [-0.2, 0) is 11.2 Å². The van der Waals surface area contributed by atoms with Crippen molar-refractivity contribution in [3.05, 3.63) is 73.6 Å². The zero-order valence-electron chi connectivity index (χ0n) is 20.5. The summed E-state index contributed by atoms with van der Waals surface area (Å²) in [6, 6.07) is 5.56. The van der Waals surface area contributed by atoms with E-state index in [1.807, 2.05) is 4.90 Å². The van der Waals surface area contributed by atoms with Crippen LogP contribution < -0.4 is 5.56 Å². The quantitative estimate of drug-likeness (QED) is 0.557. The van der Waals surface area contributed by atoms with Gasteiger partial charge in [-0.15, -0.1) is 0 Å². The van der Waals surface area contributed by atoms with Gasteiger partial charge in [0.1, 0.15) is 16.5 Å². The molecule has 2 aliphatic heterocycles. The van der Waals surface area contributed by atoms with Crippen LogP contribution in [0.25, 0.3) is 5.52 Å². The second kappa shape index (κ2) is 9.88. The molecule has 2 aromatic heterocycles. The summed E-state index contributed by atoms with van der Waals surface area (Å²) in [6.07, 6.45) is 3.44. The molecule has 2 amide bonds. The van der Waals surface area contributed by atoms with E-state index in [9.17, 15) is 18.8 Å². The lowest BCUT2D eigenvalue weighted by Crippen LogP contribution is -2.54. The number of halogens is 3. The number of fused-ring (bicyclic) bond motifs is 1. The van der Waals surface area contributed by atoms with Crippen molar-refractivity contribution in [1.29, 1.82) is 0 Å². The molecular formula is C25H26Cl2FN5O3. The number of nitrogens with one attached hydrogen (secondary N) is 1. The van der Waals surface area contributed by atoms with E-state index in [-0.39, 0.29) is 46.7 Å². The second-order valence-electron chi connectivity index (χ2n) is 9.19. The first-order valence-corrected chi connectivity index (χ1v) is 12.5. The Labute approximate surface area is 218 Å². The number of likely N-dealkylation sites (N-methyl/N-ethyl adjacent to an activating group) is 1. The van der Waals surface area contributed by atoms with Gasteiger partial charge in [-0.05, 0) is 50.2 Å². The Hall–Kier alpha value is -2.88. The zero-order chi connectivity index (χ0) is 26.3. The van der Waals surface area contributed by atoms with Gasteiger partial charge in [0.2, 0.25) is 5.91 Å². The number of aromatic amines is 1. The maximum Gasteiger partial charge on any atom is 0.272 e. The largest absolute Gasteiger partial charge is 0.338 e. The first kappa shape index (κ1) is 23.5. The molecule has 0 saturated carbocycles. The predicted octanol–water partition coefficient (Wildman–Crippen LogP) is 3.04. The molecule has 0 unspecified atom stereocenters. The minimum absolute atomic E-state index is 0.000945. The summed E-state index contributed by atoms with van der Waals surface area (Å²) >= 11 is 12.4. The van der Waals surface area contributed by atoms with Crippen molar-refractivity contribution < 1.29 is 15.4 Å². The van der Waals surface area contributed by atoms with E-state index in [1.54, 1.807) is 15.9 Å². The minimum atomic E-state index is -0.627. The number of piperazine rings is 1. The first-order valence-electron chi connectivity index (χ1n) is 12.5. The smallest absolute Gasteiger partial charge is 0.272 e. The van der Waals surface area contributed by atoms with Crippen molar-refractivity contribution in [3.63, 3.8) is 0 Å². The van der Waals surface area contributed by atoms with Crippen molar-refractivity contribution in [3.8, 4) is 0 Å². The van der Waals surface area contributed by atoms with E-state index in [4.69, 9.17) is 24.6 Å². The molecule has 36 heavy (non-hydrogen) atoms. The van der Waals surface area contributed by atoms with Crippen LogP contribution in [0.4, 0.5) is 4.39 Å². The van der Waals surface area contributed by atoms with Crippen LogP contribution in [-0.4, -0.2) is 81.7 Å². The lowest BCUT2D eigenvalue weighted by Gasteiger charge is -2.37. The van der Waals surface area contributed by atoms with E-state index in [0.29, 0.717) is 43.0 Å². The molecule has 190 valence electrons. The van der Waals surface area contributed by atoms with Gasteiger partial charge in [0.15, 0.2) is 0 Å². The molecule has 11 heteroatoms. The number of amides is 2. The fourth-order valence-corrected chi connectivity index (χ4v) is 5.44. The molecule has 0 spiro atoms. The lowest BCUT2D eigenvalue weighted by atomic mass is 10.0. The molecular weight excluding hydrogens is 508 g/mol. The summed E-state index contributed by atoms with van der Waals surface area (Å²) in [4.78, 5) is 46.1. The number of hydrogen-bond acceptors (Lipinski definition) is 4. The average Bonchev–Trinajstić information content (AvgIpc) is 3.51. The Balaban J connectivity index is 1.30. The van der Waals surface area contributed by atoms with Crippen molar-refractivity contribution in [2.24, 2.45) is 0 Å². The summed E-state index contributed by atoms with van der Waals surface area (Å²) in [5.41, 5.74) is 1.18. The highest BCUT2D eigenvalue weighted by Gasteiger charge is 2.34. The summed E-state index contributed by atoms with van der Waals surface area (Å²) in [7, 11) is 0.0959. The third-order valence-corrected chi connectivity index (χ3v) is 7.72. The molecule has 1 N–H and O–H groups in total. The number of carbonyl (C=O) groups excluding carboxylic acids is 2. The highest BCUT2D eigenvalue weighted by atomic mass is 35.5. The van der Waals surface area contributed by atoms with E-state index < -0.39 is 11.7 Å². The van der Waals surface area contributed by atoms with Crippen LogP contribution in [0.1, 0.15) is 35.8 Å². The van der Waals surface area contributed by atoms with Gasteiger partial charge in [-0.2, -0.15) is 0 Å². The minimum Gasteiger partial charge on any atom is -0.338 e. The first-order chi connectivity index (χ1) is 17.8. The average molecular weight is 535 g/mol. The number of H-pyrrole nitrogens is 1. The molecule has 1 atom stereocenters. The predicted molar refractivity (Wildman–Crippen MR) is 135 cm³/mol. The van der Waals surface area contributed by atoms with Crippen LogP contribution in [0.15, 0.2) is 35.3 Å². The van der Waals surface area contributed by atoms with Crippen LogP contribution in [0, 0.1) is 5.82 Å². The van der Waals surface area contributed by atoms with Gasteiger partial charge in [0.05, 0.1) is 16.6 Å². The highest BCUT2D eigenvalue weighted by Crippen LogP contribution is 2.27. The second-order valence-corrected chi connectivity index (χ2v) is 9.96. The topological polar surface area (TPSA) is 81.1 Å². The van der Waals surface area contributed by atoms with E-state index in [1.165, 1.54) is 28.8 Å². The fourth-order valence-electron chi connectivity index (χ4n) is 4.99. The van der Waals surface area contributed by atoms with Gasteiger partial charge >= 0.3 is 0 Å². The molecule has 2 saturated heterocycles. The molecule has 0 aliphatic carbocycles. The van der Waals surface area contributed by atoms with E-state index >= 15 is 0 Å². The molecule has 3 aromatic rings. The summed E-state index contributed by atoms with van der Waals surface area (Å²) in [5.74, 6) is -1.06. The molecule has 2 fully saturated rings. The number of rotatable bonds is 4. The van der Waals surface area contributed by atoms with Gasteiger partial charge in [0.25, 0.3) is 11.5 Å². The summed E-state index contributed by atoms with van der Waals surface area (Å²) < 4.78 is 23.9. The number of carbonyl (C=O) groups is 2. The highest BCUT2D eigenvalue weighted by molar-refractivity contribution is 6.42. The van der Waals surface area contributed by atoms with Gasteiger partial charge in [-0.1, -0.05) is 29.3 Å². The van der Waals surface area contributed by atoms with Crippen LogP contribution in [0.2, 0.25) is 10.2 Å². The van der Waals surface area contributed by atoms with Gasteiger partial charge in [0, 0.05) is 45.9 Å². The SMILES string of the molecule is [2H]CN1CCC[C@H]1C(=O)N1CCN(C(=O)c2cc(Cc3c[nH]c(=O)c4cc(Cl)c(Cl)n34)ccc2F)CC1. The Morgan fingerprint density at radius 2 is 1.89 bits per heavy atom. The number of nitrogens with zero attached hydrogens (tertiary/aromatic N) is 4. The van der Waals surface area contributed by atoms with Crippen molar-refractivity contribution in [1.82, 2.24) is 24.1 Å². The number of aromatic nitrogens is 2. The Kier molecular flexibility index (Phi) is 6.45. The zero-order valence-corrected chi connectivity index (χ0v) is 21.0. The third kappa shape index (κ3) is 4.51. The number of benzene rings is 1. The molecule has 4 heterocycles. The van der Waals surface area contributed by atoms with Crippen LogP contribution in [0.3, 0.4) is 0 Å². The molecule has 5 rings (SSSR count).